The highest BCUT2D eigenvalue weighted by Gasteiger charge is 2.46. The minimum atomic E-state index is -3.43. The lowest BCUT2D eigenvalue weighted by atomic mass is 9.69. The maximum atomic E-state index is 13.6. The molecule has 3 fully saturated rings. The van der Waals surface area contributed by atoms with Crippen LogP contribution in [0.1, 0.15) is 113 Å². The van der Waals surface area contributed by atoms with Gasteiger partial charge in [0.2, 0.25) is 0 Å². The van der Waals surface area contributed by atoms with Crippen LogP contribution in [0.4, 0.5) is 0 Å². The van der Waals surface area contributed by atoms with Crippen molar-refractivity contribution in [1.82, 2.24) is 0 Å². The lowest BCUT2D eigenvalue weighted by Crippen LogP contribution is -2.32. The zero-order chi connectivity index (χ0) is 35.2. The van der Waals surface area contributed by atoms with Crippen molar-refractivity contribution in [2.24, 2.45) is 40.9 Å². The van der Waals surface area contributed by atoms with Gasteiger partial charge in [-0.15, -0.1) is 0 Å². The van der Waals surface area contributed by atoms with E-state index < -0.39 is 15.3 Å². The van der Waals surface area contributed by atoms with Crippen LogP contribution in [-0.4, -0.2) is 51.2 Å². The number of carbonyl (C=O) groups excluding carboxylic acids is 1. The number of carbonyl (C=O) groups is 1. The van der Waals surface area contributed by atoms with Gasteiger partial charge < -0.3 is 14.2 Å². The van der Waals surface area contributed by atoms with Crippen LogP contribution in [0.5, 0.6) is 0 Å². The molecular formula is C41H64O6S. The minimum absolute atomic E-state index is 0.0446. The van der Waals surface area contributed by atoms with Crippen LogP contribution < -0.4 is 0 Å². The van der Waals surface area contributed by atoms with E-state index in [-0.39, 0.29) is 48.0 Å². The Morgan fingerprint density at radius 1 is 1.02 bits per heavy atom. The largest absolute Gasteiger partial charge is 0.465 e. The topological polar surface area (TPSA) is 78.9 Å². The number of ether oxygens (including phenoxy) is 3. The summed E-state index contributed by atoms with van der Waals surface area (Å²) in [4.78, 5) is 12.5. The predicted octanol–water partition coefficient (Wildman–Crippen LogP) is 9.39. The molecule has 0 spiro atoms. The molecule has 0 amide bonds. The summed E-state index contributed by atoms with van der Waals surface area (Å²) in [6.07, 6.45) is 9.88. The molecule has 7 heteroatoms. The molecule has 6 nitrogen and oxygen atoms in total. The average Bonchev–Trinajstić information content (AvgIpc) is 3.53. The van der Waals surface area contributed by atoms with Crippen LogP contribution in [0.15, 0.2) is 59.5 Å². The molecular weight excluding hydrogens is 621 g/mol. The molecule has 0 N–H and O–H groups in total. The highest BCUT2D eigenvalue weighted by Crippen LogP contribution is 2.46. The van der Waals surface area contributed by atoms with E-state index in [0.717, 1.165) is 64.2 Å². The molecule has 0 bridgehead atoms. The molecule has 2 aliphatic heterocycles. The summed E-state index contributed by atoms with van der Waals surface area (Å²) in [6.45, 7) is 24.0. The number of hydrogen-bond acceptors (Lipinski definition) is 6. The van der Waals surface area contributed by atoms with Gasteiger partial charge in [0.1, 0.15) is 0 Å². The first-order valence-corrected chi connectivity index (χ1v) is 20.4. The number of hydrogen-bond donors (Lipinski definition) is 0. The Bertz CT molecular complexity index is 1330. The van der Waals surface area contributed by atoms with Crippen molar-refractivity contribution >= 4 is 15.8 Å². The van der Waals surface area contributed by atoms with Gasteiger partial charge in [-0.25, -0.2) is 8.42 Å². The monoisotopic (exact) mass is 684 g/mol. The second kappa shape index (κ2) is 16.8. The molecule has 3 unspecified atom stereocenters. The van der Waals surface area contributed by atoms with Gasteiger partial charge >= 0.3 is 5.97 Å². The number of esters is 1. The van der Waals surface area contributed by atoms with Crippen molar-refractivity contribution < 1.29 is 27.4 Å². The fraction of sp³-hybridized carbons (Fsp3) is 0.732. The molecule has 270 valence electrons. The maximum absolute atomic E-state index is 13.6. The van der Waals surface area contributed by atoms with Gasteiger partial charge in [-0.05, 0) is 126 Å². The first kappa shape index (κ1) is 38.8. The quantitative estimate of drug-likeness (QED) is 0.104. The summed E-state index contributed by atoms with van der Waals surface area (Å²) in [5.41, 5.74) is 2.00. The van der Waals surface area contributed by atoms with E-state index in [1.807, 2.05) is 26.8 Å². The molecule has 1 aromatic rings. The molecule has 4 rings (SSSR count). The summed E-state index contributed by atoms with van der Waals surface area (Å²) >= 11 is 0. The van der Waals surface area contributed by atoms with E-state index in [1.165, 1.54) is 11.1 Å². The third kappa shape index (κ3) is 10.3. The maximum Gasteiger partial charge on any atom is 0.311 e. The second-order valence-corrected chi connectivity index (χ2v) is 18.6. The van der Waals surface area contributed by atoms with Gasteiger partial charge in [0.05, 0.1) is 47.1 Å². The first-order valence-electron chi connectivity index (χ1n) is 18.7. The molecule has 1 aromatic carbocycles. The van der Waals surface area contributed by atoms with E-state index in [0.29, 0.717) is 35.2 Å². The number of rotatable bonds is 15. The fourth-order valence-corrected chi connectivity index (χ4v) is 9.94. The second-order valence-electron chi connectivity index (χ2n) is 16.5. The van der Waals surface area contributed by atoms with Gasteiger partial charge in [0.25, 0.3) is 0 Å². The Kier molecular flexibility index (Phi) is 13.6. The summed E-state index contributed by atoms with van der Waals surface area (Å²) in [5, 5.41) is 0. The normalized spacial score (nSPS) is 32.0. The number of benzene rings is 1. The molecule has 48 heavy (non-hydrogen) atoms. The van der Waals surface area contributed by atoms with Gasteiger partial charge in [0.15, 0.2) is 9.84 Å². The van der Waals surface area contributed by atoms with Crippen LogP contribution in [0.3, 0.4) is 0 Å². The lowest BCUT2D eigenvalue weighted by molar-refractivity contribution is -0.153. The molecule has 2 heterocycles. The summed E-state index contributed by atoms with van der Waals surface area (Å²) in [7, 11) is -3.43. The Morgan fingerprint density at radius 2 is 1.73 bits per heavy atom. The summed E-state index contributed by atoms with van der Waals surface area (Å²) < 4.78 is 45.9. The Labute approximate surface area is 292 Å². The Hall–Kier alpha value is -1.96. The average molecular weight is 685 g/mol. The smallest absolute Gasteiger partial charge is 0.311 e. The zero-order valence-corrected chi connectivity index (χ0v) is 31.7. The third-order valence-electron chi connectivity index (χ3n) is 11.6. The molecule has 1 aliphatic carbocycles. The van der Waals surface area contributed by atoms with Crippen molar-refractivity contribution in [1.29, 1.82) is 0 Å². The van der Waals surface area contributed by atoms with Crippen LogP contribution in [-0.2, 0) is 28.8 Å². The molecule has 0 aromatic heterocycles. The Morgan fingerprint density at radius 3 is 2.40 bits per heavy atom. The van der Waals surface area contributed by atoms with E-state index in [2.05, 4.69) is 40.9 Å². The molecule has 1 saturated carbocycles. The third-order valence-corrected chi connectivity index (χ3v) is 13.4. The first-order chi connectivity index (χ1) is 22.6. The lowest BCUT2D eigenvalue weighted by Gasteiger charge is -2.38. The van der Waals surface area contributed by atoms with Crippen LogP contribution in [0.25, 0.3) is 0 Å². The van der Waals surface area contributed by atoms with Crippen molar-refractivity contribution in [3.8, 4) is 0 Å². The molecule has 0 radical (unpaired) electrons. The summed E-state index contributed by atoms with van der Waals surface area (Å²) in [5.74, 6) is 1.93. The number of sulfone groups is 1. The number of allylic oxidation sites excluding steroid dienone is 1. The van der Waals surface area contributed by atoms with Gasteiger partial charge in [0, 0.05) is 5.92 Å². The molecule has 3 aliphatic rings. The van der Waals surface area contributed by atoms with Crippen molar-refractivity contribution in [2.45, 2.75) is 142 Å². The molecule has 10 atom stereocenters. The zero-order valence-electron chi connectivity index (χ0n) is 30.9. The van der Waals surface area contributed by atoms with Gasteiger partial charge in [-0.1, -0.05) is 71.0 Å². The highest BCUT2D eigenvalue weighted by atomic mass is 32.2. The van der Waals surface area contributed by atoms with Crippen molar-refractivity contribution in [3.63, 3.8) is 0 Å². The SMILES string of the molecule is C=C1C[C@H](CCCOC(=O)C(C)(C)C)OC1CCC1C[C@H](CC2O[C@H](C[C@H](C)CC)[C@H](C)[C@H]2CS(=O)(=O)c2ccccc2)C(=C)[C@H](C)C1. The fourth-order valence-electron chi connectivity index (χ4n) is 8.15. The van der Waals surface area contributed by atoms with Crippen LogP contribution in [0.2, 0.25) is 0 Å². The van der Waals surface area contributed by atoms with E-state index >= 15 is 0 Å². The summed E-state index contributed by atoms with van der Waals surface area (Å²) in [6, 6.07) is 8.90. The predicted molar refractivity (Wildman–Crippen MR) is 194 cm³/mol. The minimum Gasteiger partial charge on any atom is -0.465 e. The van der Waals surface area contributed by atoms with E-state index in [1.54, 1.807) is 24.3 Å². The van der Waals surface area contributed by atoms with Crippen LogP contribution in [0, 0.1) is 40.9 Å². The molecule has 2 saturated heterocycles. The van der Waals surface area contributed by atoms with Crippen molar-refractivity contribution in [2.75, 3.05) is 12.4 Å². The van der Waals surface area contributed by atoms with Crippen LogP contribution >= 0.6 is 0 Å². The van der Waals surface area contributed by atoms with E-state index in [4.69, 9.17) is 14.2 Å². The van der Waals surface area contributed by atoms with Gasteiger partial charge in [-0.3, -0.25) is 4.79 Å². The van der Waals surface area contributed by atoms with Gasteiger partial charge in [-0.2, -0.15) is 0 Å². The van der Waals surface area contributed by atoms with Crippen molar-refractivity contribution in [3.05, 3.63) is 54.6 Å². The standard InChI is InChI=1S/C41H64O6S/c1-10-27(2)21-38-31(6)36(26-48(43,44)35-16-12-11-13-17-35)39(47-38)25-33-24-32(22-28(3)30(33)5)18-19-37-29(4)23-34(46-37)15-14-20-45-40(42)41(7,8)9/h11-13,16-17,27-28,31-34,36-39H,4-5,10,14-15,18-26H2,1-3,6-9H3/t27-,28-,31-,32?,33-,34+,36-,37?,38-,39?/m1/s1. The Balaban J connectivity index is 1.35. The van der Waals surface area contributed by atoms with E-state index in [9.17, 15) is 13.2 Å². The highest BCUT2D eigenvalue weighted by molar-refractivity contribution is 7.91.